The van der Waals surface area contributed by atoms with Gasteiger partial charge in [0.15, 0.2) is 0 Å². The third-order valence-corrected chi connectivity index (χ3v) is 5.48. The highest BCUT2D eigenvalue weighted by molar-refractivity contribution is 7.89. The van der Waals surface area contributed by atoms with Gasteiger partial charge in [-0.15, -0.1) is 0 Å². The molecule has 0 fully saturated rings. The summed E-state index contributed by atoms with van der Waals surface area (Å²) in [4.78, 5) is 16.8. The average Bonchev–Trinajstić information content (AvgIpc) is 2.65. The smallest absolute Gasteiger partial charge is 0.340 e. The van der Waals surface area contributed by atoms with E-state index < -0.39 is 16.0 Å². The lowest BCUT2D eigenvalue weighted by Crippen LogP contribution is -2.26. The van der Waals surface area contributed by atoms with E-state index in [2.05, 4.69) is 0 Å². The van der Waals surface area contributed by atoms with Gasteiger partial charge < -0.3 is 4.74 Å². The number of esters is 1. The third kappa shape index (κ3) is 4.39. The van der Waals surface area contributed by atoms with Crippen molar-refractivity contribution in [2.75, 3.05) is 14.2 Å². The molecule has 0 heterocycles. The van der Waals surface area contributed by atoms with E-state index in [0.717, 1.165) is 6.07 Å². The molecule has 0 bridgehead atoms. The van der Waals surface area contributed by atoms with Gasteiger partial charge in [-0.1, -0.05) is 28.2 Å². The lowest BCUT2D eigenvalue weighted by atomic mass is 10.1. The predicted molar refractivity (Wildman–Crippen MR) is 93.7 cm³/mol. The maximum absolute atomic E-state index is 12.3. The molecule has 0 aromatic heterocycles. The first-order chi connectivity index (χ1) is 12.3. The summed E-state index contributed by atoms with van der Waals surface area (Å²) in [5.41, 5.74) is 0.970. The number of rotatable bonds is 6. The summed E-state index contributed by atoms with van der Waals surface area (Å²) in [6, 6.07) is 12.3. The molecule has 26 heavy (non-hydrogen) atoms. The van der Waals surface area contributed by atoms with Crippen LogP contribution in [-0.4, -0.2) is 33.0 Å². The summed E-state index contributed by atoms with van der Waals surface area (Å²) >= 11 is 6.00. The van der Waals surface area contributed by atoms with Crippen LogP contribution in [0.1, 0.15) is 21.5 Å². The van der Waals surface area contributed by atoms with Crippen LogP contribution >= 0.6 is 11.6 Å². The fraction of sp³-hybridized carbons (Fsp3) is 0.176. The van der Waals surface area contributed by atoms with Crippen LogP contribution in [0.5, 0.6) is 0 Å². The van der Waals surface area contributed by atoms with Gasteiger partial charge in [0.2, 0.25) is 0 Å². The van der Waals surface area contributed by atoms with Crippen molar-refractivity contribution in [3.8, 4) is 6.07 Å². The minimum Gasteiger partial charge on any atom is -0.457 e. The number of hydrogen-bond donors (Lipinski definition) is 0. The predicted octanol–water partition coefficient (Wildman–Crippen LogP) is 2.75. The number of ether oxygens (including phenoxy) is 1. The summed E-state index contributed by atoms with van der Waals surface area (Å²) in [6.07, 6.45) is 0. The maximum atomic E-state index is 12.3. The van der Waals surface area contributed by atoms with Gasteiger partial charge in [0.1, 0.15) is 6.61 Å². The number of nitrogens with zero attached hydrogens (tertiary/aromatic N) is 2. The fourth-order valence-electron chi connectivity index (χ4n) is 2.03. The molecule has 0 spiro atoms. The second kappa shape index (κ2) is 8.29. The topological polar surface area (TPSA) is 96.7 Å². The molecule has 136 valence electrons. The van der Waals surface area contributed by atoms with E-state index in [1.807, 2.05) is 6.07 Å². The normalized spacial score (nSPS) is 11.2. The molecule has 0 unspecified atom stereocenters. The Kier molecular flexibility index (Phi) is 6.34. The van der Waals surface area contributed by atoms with Crippen LogP contribution in [0.25, 0.3) is 0 Å². The zero-order valence-corrected chi connectivity index (χ0v) is 15.5. The molecule has 0 saturated carbocycles. The van der Waals surface area contributed by atoms with Crippen molar-refractivity contribution >= 4 is 27.6 Å². The molecule has 0 aliphatic carbocycles. The summed E-state index contributed by atoms with van der Waals surface area (Å²) in [5, 5.41) is 8.93. The number of sulfonamides is 1. The van der Waals surface area contributed by atoms with Crippen molar-refractivity contribution in [2.45, 2.75) is 11.5 Å². The summed E-state index contributed by atoms with van der Waals surface area (Å²) in [5.74, 6) is -0.783. The lowest BCUT2D eigenvalue weighted by Gasteiger charge is -2.15. The van der Waals surface area contributed by atoms with Gasteiger partial charge in [-0.05, 0) is 35.9 Å². The van der Waals surface area contributed by atoms with Gasteiger partial charge >= 0.3 is 5.97 Å². The summed E-state index contributed by atoms with van der Waals surface area (Å²) in [7, 11) is -1.50. The molecule has 0 radical (unpaired) electrons. The Bertz CT molecular complexity index is 969. The Balaban J connectivity index is 2.23. The van der Waals surface area contributed by atoms with Crippen LogP contribution in [0.2, 0.25) is 5.02 Å². The highest BCUT2D eigenvalue weighted by Crippen LogP contribution is 2.23. The summed E-state index contributed by atoms with van der Waals surface area (Å²) < 4.78 is 30.4. The molecule has 0 aliphatic heterocycles. The first-order valence-corrected chi connectivity index (χ1v) is 9.10. The second-order valence-corrected chi connectivity index (χ2v) is 7.47. The van der Waals surface area contributed by atoms with E-state index in [1.165, 1.54) is 26.3 Å². The van der Waals surface area contributed by atoms with Crippen molar-refractivity contribution in [3.05, 3.63) is 64.2 Å². The lowest BCUT2D eigenvalue weighted by molar-refractivity contribution is -0.0258. The van der Waals surface area contributed by atoms with Gasteiger partial charge in [-0.2, -0.15) is 5.26 Å². The van der Waals surface area contributed by atoms with E-state index in [1.54, 1.807) is 24.3 Å². The molecule has 2 aromatic carbocycles. The zero-order chi connectivity index (χ0) is 19.3. The van der Waals surface area contributed by atoms with Crippen molar-refractivity contribution in [2.24, 2.45) is 0 Å². The standard InChI is InChI=1S/C17H15ClN2O5S/c1-20(24-2)26(22,23)14-6-7-16(18)15(9-14)17(21)25-11-13-5-3-4-12(8-13)10-19/h3-9H,11H2,1-2H3. The first kappa shape index (κ1) is 19.9. The molecule has 0 amide bonds. The Morgan fingerprint density at radius 1 is 1.27 bits per heavy atom. The largest absolute Gasteiger partial charge is 0.457 e. The second-order valence-electron chi connectivity index (χ2n) is 5.13. The first-order valence-electron chi connectivity index (χ1n) is 7.28. The van der Waals surface area contributed by atoms with Crippen LogP contribution in [0, 0.1) is 11.3 Å². The van der Waals surface area contributed by atoms with E-state index >= 15 is 0 Å². The molecule has 7 nitrogen and oxygen atoms in total. The van der Waals surface area contributed by atoms with Gasteiger partial charge in [0, 0.05) is 7.05 Å². The maximum Gasteiger partial charge on any atom is 0.340 e. The minimum atomic E-state index is -3.93. The Hall–Kier alpha value is -2.44. The summed E-state index contributed by atoms with van der Waals surface area (Å²) in [6.45, 7) is -0.0837. The monoisotopic (exact) mass is 394 g/mol. The molecule has 0 aliphatic rings. The van der Waals surface area contributed by atoms with Crippen molar-refractivity contribution in [1.82, 2.24) is 4.47 Å². The van der Waals surface area contributed by atoms with Crippen LogP contribution in [0.4, 0.5) is 0 Å². The number of benzene rings is 2. The van der Waals surface area contributed by atoms with E-state index in [4.69, 9.17) is 26.4 Å². The quantitative estimate of drug-likeness (QED) is 0.552. The van der Waals surface area contributed by atoms with Gasteiger partial charge in [-0.3, -0.25) is 4.84 Å². The van der Waals surface area contributed by atoms with Crippen molar-refractivity contribution in [3.63, 3.8) is 0 Å². The Labute approximate surface area is 156 Å². The number of hydrogen-bond acceptors (Lipinski definition) is 6. The number of halogens is 1. The highest BCUT2D eigenvalue weighted by atomic mass is 35.5. The molecule has 0 N–H and O–H groups in total. The van der Waals surface area contributed by atoms with Crippen molar-refractivity contribution in [1.29, 1.82) is 5.26 Å². The number of hydroxylamine groups is 1. The van der Waals surface area contributed by atoms with Crippen LogP contribution in [-0.2, 0) is 26.2 Å². The number of carbonyl (C=O) groups is 1. The van der Waals surface area contributed by atoms with Gasteiger partial charge in [-0.25, -0.2) is 13.2 Å². The van der Waals surface area contributed by atoms with E-state index in [9.17, 15) is 13.2 Å². The SMILES string of the molecule is CON(C)S(=O)(=O)c1ccc(Cl)c(C(=O)OCc2cccc(C#N)c2)c1. The fourth-order valence-corrected chi connectivity index (χ4v) is 3.22. The molecule has 9 heteroatoms. The molecule has 0 atom stereocenters. The average molecular weight is 395 g/mol. The highest BCUT2D eigenvalue weighted by Gasteiger charge is 2.23. The molecule has 2 rings (SSSR count). The molecular formula is C17H15ClN2O5S. The molecule has 0 saturated heterocycles. The number of nitriles is 1. The van der Waals surface area contributed by atoms with Crippen molar-refractivity contribution < 1.29 is 22.8 Å². The van der Waals surface area contributed by atoms with Gasteiger partial charge in [0.25, 0.3) is 10.0 Å². The Morgan fingerprint density at radius 2 is 2.00 bits per heavy atom. The van der Waals surface area contributed by atoms with Crippen LogP contribution < -0.4 is 0 Å². The van der Waals surface area contributed by atoms with Gasteiger partial charge in [0.05, 0.1) is 34.2 Å². The van der Waals surface area contributed by atoms with E-state index in [0.29, 0.717) is 15.6 Å². The van der Waals surface area contributed by atoms with Crippen LogP contribution in [0.3, 0.4) is 0 Å². The Morgan fingerprint density at radius 3 is 2.65 bits per heavy atom. The molecular weight excluding hydrogens is 380 g/mol. The zero-order valence-electron chi connectivity index (χ0n) is 14.0. The van der Waals surface area contributed by atoms with E-state index in [-0.39, 0.29) is 22.1 Å². The third-order valence-electron chi connectivity index (χ3n) is 3.48. The molecule has 2 aromatic rings. The van der Waals surface area contributed by atoms with Crippen LogP contribution in [0.15, 0.2) is 47.4 Å². The minimum absolute atomic E-state index is 0.0554. The number of carbonyl (C=O) groups excluding carboxylic acids is 1.